The minimum absolute atomic E-state index is 0.0450. The molecular weight excluding hydrogens is 551 g/mol. The number of hydrogen-bond donors (Lipinski definition) is 4. The van der Waals surface area contributed by atoms with Gasteiger partial charge in [-0.05, 0) is 48.9 Å². The Balaban J connectivity index is 2.14. The van der Waals surface area contributed by atoms with Crippen molar-refractivity contribution in [3.8, 4) is 5.75 Å². The van der Waals surface area contributed by atoms with E-state index < -0.39 is 40.1 Å². The third-order valence-electron chi connectivity index (χ3n) is 8.38. The number of amides is 1. The molecule has 1 aliphatic heterocycles. The molecule has 0 bridgehead atoms. The van der Waals surface area contributed by atoms with E-state index in [1.165, 1.54) is 7.11 Å². The minimum atomic E-state index is -4.77. The van der Waals surface area contributed by atoms with Crippen LogP contribution in [0.1, 0.15) is 89.0 Å². The standard InChI is InChI=1S/C29H43N2O7PS/c1-6-10-16-28(7-2)20-40(36,37)25-17-22(19-30-27(32)29(8-3,9-4)39(33,34)35)24(38-5)18-23(25)26(31-28)21-14-12-11-13-15-21/h11-15,17-18,26,31H,6-10,16,19-20H2,1-5H3,(H,30,32)(H2,33,34,35)/t26-,28-/m1/s1. The number of sulfone groups is 1. The maximum Gasteiger partial charge on any atom is 0.340 e. The third-order valence-corrected chi connectivity index (χ3v) is 12.3. The van der Waals surface area contributed by atoms with E-state index in [0.29, 0.717) is 29.7 Å². The Morgan fingerprint density at radius 1 is 1.15 bits per heavy atom. The smallest absolute Gasteiger partial charge is 0.340 e. The summed E-state index contributed by atoms with van der Waals surface area (Å²) in [5.74, 6) is -0.471. The van der Waals surface area contributed by atoms with Gasteiger partial charge in [-0.25, -0.2) is 8.42 Å². The maximum atomic E-state index is 14.0. The Morgan fingerprint density at radius 2 is 1.80 bits per heavy atom. The highest BCUT2D eigenvalue weighted by atomic mass is 32.2. The fourth-order valence-electron chi connectivity index (χ4n) is 5.71. The summed E-state index contributed by atoms with van der Waals surface area (Å²) < 4.78 is 45.9. The largest absolute Gasteiger partial charge is 0.496 e. The van der Waals surface area contributed by atoms with Gasteiger partial charge in [-0.15, -0.1) is 0 Å². The number of methoxy groups -OCH3 is 1. The van der Waals surface area contributed by atoms with Gasteiger partial charge >= 0.3 is 7.60 Å². The Morgan fingerprint density at radius 3 is 2.33 bits per heavy atom. The zero-order valence-electron chi connectivity index (χ0n) is 24.1. The molecule has 1 heterocycles. The Hall–Kier alpha value is -2.23. The molecule has 1 aliphatic rings. The molecule has 2 aromatic carbocycles. The van der Waals surface area contributed by atoms with E-state index in [-0.39, 0.29) is 30.0 Å². The molecule has 222 valence electrons. The van der Waals surface area contributed by atoms with Crippen LogP contribution in [0.4, 0.5) is 0 Å². The first-order valence-corrected chi connectivity index (χ1v) is 17.2. The second-order valence-electron chi connectivity index (χ2n) is 10.7. The topological polar surface area (TPSA) is 142 Å². The van der Waals surface area contributed by atoms with Gasteiger partial charge in [0.15, 0.2) is 9.84 Å². The molecule has 0 fully saturated rings. The number of carbonyl (C=O) groups is 1. The quantitative estimate of drug-likeness (QED) is 0.256. The van der Waals surface area contributed by atoms with Crippen molar-refractivity contribution in [3.63, 3.8) is 0 Å². The highest BCUT2D eigenvalue weighted by molar-refractivity contribution is 7.91. The number of carbonyl (C=O) groups excluding carboxylic acids is 1. The van der Waals surface area contributed by atoms with Crippen LogP contribution in [0.2, 0.25) is 0 Å². The van der Waals surface area contributed by atoms with E-state index in [1.807, 2.05) is 37.3 Å². The summed E-state index contributed by atoms with van der Waals surface area (Å²) in [4.78, 5) is 33.2. The second kappa shape index (κ2) is 12.7. The highest BCUT2D eigenvalue weighted by Gasteiger charge is 2.50. The van der Waals surface area contributed by atoms with Crippen molar-refractivity contribution in [2.45, 2.75) is 94.4 Å². The first-order chi connectivity index (χ1) is 18.8. The van der Waals surface area contributed by atoms with Gasteiger partial charge in [-0.3, -0.25) is 14.7 Å². The van der Waals surface area contributed by atoms with Gasteiger partial charge in [0, 0.05) is 17.6 Å². The van der Waals surface area contributed by atoms with Crippen LogP contribution in [0, 0.1) is 0 Å². The monoisotopic (exact) mass is 594 g/mol. The number of rotatable bonds is 12. The van der Waals surface area contributed by atoms with Gasteiger partial charge in [-0.1, -0.05) is 70.9 Å². The number of nitrogens with one attached hydrogen (secondary N) is 2. The molecule has 2 aromatic rings. The average molecular weight is 595 g/mol. The molecule has 3 rings (SSSR count). The van der Waals surface area contributed by atoms with Crippen molar-refractivity contribution in [1.82, 2.24) is 10.6 Å². The maximum absolute atomic E-state index is 14.0. The summed E-state index contributed by atoms with van der Waals surface area (Å²) in [5, 5.41) is 4.51. The fourth-order valence-corrected chi connectivity index (χ4v) is 9.05. The summed E-state index contributed by atoms with van der Waals surface area (Å²) in [7, 11) is -7.07. The van der Waals surface area contributed by atoms with E-state index in [9.17, 15) is 27.6 Å². The average Bonchev–Trinajstić information content (AvgIpc) is 3.02. The molecule has 40 heavy (non-hydrogen) atoms. The van der Waals surface area contributed by atoms with Gasteiger partial charge in [-0.2, -0.15) is 0 Å². The van der Waals surface area contributed by atoms with E-state index in [2.05, 4.69) is 17.6 Å². The molecule has 11 heteroatoms. The van der Waals surface area contributed by atoms with Crippen LogP contribution in [0.15, 0.2) is 47.4 Å². The Labute approximate surface area is 238 Å². The fraction of sp³-hybridized carbons (Fsp3) is 0.552. The SMILES string of the molecule is CCCC[C@]1(CC)CS(=O)(=O)c2cc(CNC(=O)C(CC)(CC)P(=O)(O)O)c(OC)cc2[C@@H](c2ccccc2)N1. The number of unbranched alkanes of at least 4 members (excludes halogenated alkanes) is 1. The summed E-state index contributed by atoms with van der Waals surface area (Å²) in [6.45, 7) is 7.07. The number of hydrogen-bond acceptors (Lipinski definition) is 6. The molecule has 1 amide bonds. The first kappa shape index (κ1) is 32.3. The number of benzene rings is 2. The van der Waals surface area contributed by atoms with Crippen LogP contribution in [0.5, 0.6) is 5.75 Å². The van der Waals surface area contributed by atoms with Crippen molar-refractivity contribution in [2.24, 2.45) is 0 Å². The summed E-state index contributed by atoms with van der Waals surface area (Å²) in [5.41, 5.74) is 1.27. The van der Waals surface area contributed by atoms with Gasteiger partial charge in [0.25, 0.3) is 0 Å². The van der Waals surface area contributed by atoms with Crippen molar-refractivity contribution in [2.75, 3.05) is 12.9 Å². The van der Waals surface area contributed by atoms with Gasteiger partial charge in [0.1, 0.15) is 10.9 Å². The molecule has 0 aliphatic carbocycles. The van der Waals surface area contributed by atoms with Gasteiger partial charge in [0.2, 0.25) is 5.91 Å². The van der Waals surface area contributed by atoms with Crippen LogP contribution in [0.25, 0.3) is 0 Å². The Bertz CT molecular complexity index is 1340. The normalized spacial score (nSPS) is 20.8. The summed E-state index contributed by atoms with van der Waals surface area (Å²) >= 11 is 0. The predicted octanol–water partition coefficient (Wildman–Crippen LogP) is 4.85. The second-order valence-corrected chi connectivity index (χ2v) is 14.6. The van der Waals surface area contributed by atoms with Crippen LogP contribution < -0.4 is 15.4 Å². The zero-order chi connectivity index (χ0) is 29.8. The molecule has 0 saturated carbocycles. The zero-order valence-corrected chi connectivity index (χ0v) is 25.8. The lowest BCUT2D eigenvalue weighted by Gasteiger charge is -2.36. The molecule has 0 aromatic heterocycles. The van der Waals surface area contributed by atoms with E-state index >= 15 is 0 Å². The van der Waals surface area contributed by atoms with Crippen LogP contribution in [-0.2, 0) is 25.7 Å². The van der Waals surface area contributed by atoms with Crippen LogP contribution in [-0.4, -0.2) is 47.7 Å². The van der Waals surface area contributed by atoms with Crippen LogP contribution >= 0.6 is 7.60 Å². The molecule has 4 N–H and O–H groups in total. The number of ether oxygens (including phenoxy) is 1. The summed E-state index contributed by atoms with van der Waals surface area (Å²) in [6.07, 6.45) is 3.06. The van der Waals surface area contributed by atoms with Crippen molar-refractivity contribution < 1.29 is 32.3 Å². The molecular formula is C29H43N2O7PS. The molecule has 0 radical (unpaired) electrons. The van der Waals surface area contributed by atoms with Crippen LogP contribution in [0.3, 0.4) is 0 Å². The highest BCUT2D eigenvalue weighted by Crippen LogP contribution is 2.54. The molecule has 0 unspecified atom stereocenters. The first-order valence-electron chi connectivity index (χ1n) is 13.9. The van der Waals surface area contributed by atoms with E-state index in [4.69, 9.17) is 4.74 Å². The third kappa shape index (κ3) is 6.31. The van der Waals surface area contributed by atoms with E-state index in [1.54, 1.807) is 26.0 Å². The molecule has 0 saturated heterocycles. The van der Waals surface area contributed by atoms with Crippen molar-refractivity contribution >= 4 is 23.3 Å². The lowest BCUT2D eigenvalue weighted by atomic mass is 9.88. The van der Waals surface area contributed by atoms with Gasteiger partial charge in [0.05, 0.1) is 23.8 Å². The Kier molecular flexibility index (Phi) is 10.3. The van der Waals surface area contributed by atoms with Gasteiger partial charge < -0.3 is 19.8 Å². The summed E-state index contributed by atoms with van der Waals surface area (Å²) in [6, 6.07) is 12.5. The van der Waals surface area contributed by atoms with E-state index in [0.717, 1.165) is 18.4 Å². The molecule has 2 atom stereocenters. The minimum Gasteiger partial charge on any atom is -0.496 e. The lowest BCUT2D eigenvalue weighted by molar-refractivity contribution is -0.124. The molecule has 0 spiro atoms. The molecule has 9 nitrogen and oxygen atoms in total. The number of fused-ring (bicyclic) bond motifs is 1. The van der Waals surface area contributed by atoms with Crippen molar-refractivity contribution in [3.05, 3.63) is 59.2 Å². The predicted molar refractivity (Wildman–Crippen MR) is 156 cm³/mol. The lowest BCUT2D eigenvalue weighted by Crippen LogP contribution is -2.50. The van der Waals surface area contributed by atoms with Crippen molar-refractivity contribution in [1.29, 1.82) is 0 Å².